The SMILES string of the molecule is CCC(CC1CCCCC1)NCc1cc(-c2ccccc2C)c(C(=O)NC(CCSC)C(=O)OC)cc1N(C)C. The second-order valence-corrected chi connectivity index (χ2v) is 12.3. The van der Waals surface area contributed by atoms with Crippen LogP contribution in [0.25, 0.3) is 11.1 Å². The summed E-state index contributed by atoms with van der Waals surface area (Å²) < 4.78 is 5.00. The van der Waals surface area contributed by atoms with Crippen LogP contribution in [0.1, 0.15) is 79.8 Å². The van der Waals surface area contributed by atoms with Gasteiger partial charge in [-0.2, -0.15) is 11.8 Å². The number of carbonyl (C=O) groups excluding carboxylic acids is 2. The quantitative estimate of drug-likeness (QED) is 0.251. The van der Waals surface area contributed by atoms with Crippen molar-refractivity contribution in [2.75, 3.05) is 38.1 Å². The summed E-state index contributed by atoms with van der Waals surface area (Å²) in [5, 5.41) is 6.84. The molecule has 1 fully saturated rings. The molecule has 0 aliphatic heterocycles. The van der Waals surface area contributed by atoms with E-state index in [1.165, 1.54) is 45.6 Å². The third-order valence-electron chi connectivity index (χ3n) is 8.20. The summed E-state index contributed by atoms with van der Waals surface area (Å²) in [5.41, 5.74) is 5.73. The number of hydrogen-bond acceptors (Lipinski definition) is 6. The highest BCUT2D eigenvalue weighted by Crippen LogP contribution is 2.34. The first kappa shape index (κ1) is 32.0. The monoisotopic (exact) mass is 567 g/mol. The number of ether oxygens (including phenoxy) is 1. The van der Waals surface area contributed by atoms with Crippen molar-refractivity contribution in [1.29, 1.82) is 0 Å². The van der Waals surface area contributed by atoms with Crippen molar-refractivity contribution in [1.82, 2.24) is 10.6 Å². The minimum atomic E-state index is -0.691. The standard InChI is InChI=1S/C33H49N3O3S/c1-7-26(19-24-14-9-8-10-15-24)34-22-25-20-28(27-16-12-11-13-23(27)2)29(21-31(25)36(3)4)32(37)35-30(17-18-40-6)33(38)39-5/h11-13,16,20-21,24,26,30,34H,7-10,14-15,17-19,22H2,1-6H3,(H,35,37). The number of carbonyl (C=O) groups is 2. The topological polar surface area (TPSA) is 70.7 Å². The summed E-state index contributed by atoms with van der Waals surface area (Å²) in [6, 6.07) is 12.1. The van der Waals surface area contributed by atoms with Crippen LogP contribution < -0.4 is 15.5 Å². The first-order chi connectivity index (χ1) is 19.3. The van der Waals surface area contributed by atoms with Gasteiger partial charge in [0.05, 0.1) is 7.11 Å². The molecule has 40 heavy (non-hydrogen) atoms. The average molecular weight is 568 g/mol. The number of rotatable bonds is 14. The second-order valence-electron chi connectivity index (χ2n) is 11.3. The Bertz CT molecular complexity index is 1110. The number of nitrogens with zero attached hydrogens (tertiary/aromatic N) is 1. The van der Waals surface area contributed by atoms with Gasteiger partial charge in [0, 0.05) is 37.9 Å². The molecule has 1 aliphatic carbocycles. The normalized spacial score (nSPS) is 15.3. The van der Waals surface area contributed by atoms with Crippen LogP contribution >= 0.6 is 11.8 Å². The summed E-state index contributed by atoms with van der Waals surface area (Å²) in [6.07, 6.45) is 11.6. The zero-order valence-corrected chi connectivity index (χ0v) is 26.2. The summed E-state index contributed by atoms with van der Waals surface area (Å²) in [4.78, 5) is 28.4. The van der Waals surface area contributed by atoms with Gasteiger partial charge in [0.1, 0.15) is 6.04 Å². The number of amides is 1. The molecule has 0 spiro atoms. The summed E-state index contributed by atoms with van der Waals surface area (Å²) in [6.45, 7) is 5.08. The lowest BCUT2D eigenvalue weighted by Crippen LogP contribution is -2.42. The smallest absolute Gasteiger partial charge is 0.328 e. The van der Waals surface area contributed by atoms with E-state index in [2.05, 4.69) is 47.6 Å². The molecule has 0 bridgehead atoms. The molecule has 0 radical (unpaired) electrons. The van der Waals surface area contributed by atoms with Gasteiger partial charge in [0.25, 0.3) is 5.91 Å². The van der Waals surface area contributed by atoms with Gasteiger partial charge in [0.15, 0.2) is 0 Å². The third-order valence-corrected chi connectivity index (χ3v) is 8.84. The molecule has 1 saturated carbocycles. The highest BCUT2D eigenvalue weighted by Gasteiger charge is 2.25. The average Bonchev–Trinajstić information content (AvgIpc) is 2.97. The minimum Gasteiger partial charge on any atom is -0.467 e. The maximum Gasteiger partial charge on any atom is 0.328 e. The number of methoxy groups -OCH3 is 1. The molecule has 0 saturated heterocycles. The first-order valence-electron chi connectivity index (χ1n) is 14.8. The lowest BCUT2D eigenvalue weighted by molar-refractivity contribution is -0.142. The molecule has 1 amide bonds. The fourth-order valence-corrected chi connectivity index (χ4v) is 6.28. The predicted octanol–water partition coefficient (Wildman–Crippen LogP) is 6.59. The van der Waals surface area contributed by atoms with Crippen LogP contribution in [0.5, 0.6) is 0 Å². The largest absolute Gasteiger partial charge is 0.467 e. The van der Waals surface area contributed by atoms with Crippen LogP contribution in [-0.4, -0.2) is 57.2 Å². The number of nitrogens with one attached hydrogen (secondary N) is 2. The summed E-state index contributed by atoms with van der Waals surface area (Å²) in [5.74, 6) is 0.887. The van der Waals surface area contributed by atoms with E-state index < -0.39 is 12.0 Å². The highest BCUT2D eigenvalue weighted by atomic mass is 32.2. The molecule has 2 N–H and O–H groups in total. The molecule has 7 heteroatoms. The maximum atomic E-state index is 13.8. The highest BCUT2D eigenvalue weighted by molar-refractivity contribution is 7.98. The second kappa shape index (κ2) is 16.1. The Morgan fingerprint density at radius 2 is 1.82 bits per heavy atom. The van der Waals surface area contributed by atoms with Gasteiger partial charge in [0.2, 0.25) is 0 Å². The van der Waals surface area contributed by atoms with Gasteiger partial charge in [-0.25, -0.2) is 4.79 Å². The van der Waals surface area contributed by atoms with Gasteiger partial charge in [-0.3, -0.25) is 4.79 Å². The molecule has 2 atom stereocenters. The maximum absolute atomic E-state index is 13.8. The van der Waals surface area contributed by atoms with E-state index in [4.69, 9.17) is 4.74 Å². The molecule has 3 rings (SSSR count). The predicted molar refractivity (Wildman–Crippen MR) is 169 cm³/mol. The molecule has 2 aromatic carbocycles. The zero-order valence-electron chi connectivity index (χ0n) is 25.3. The van der Waals surface area contributed by atoms with Gasteiger partial charge < -0.3 is 20.3 Å². The van der Waals surface area contributed by atoms with Gasteiger partial charge in [-0.05, 0) is 78.5 Å². The van der Waals surface area contributed by atoms with E-state index in [0.717, 1.165) is 52.6 Å². The van der Waals surface area contributed by atoms with Crippen molar-refractivity contribution in [2.45, 2.75) is 83.8 Å². The van der Waals surface area contributed by atoms with Crippen LogP contribution in [0.15, 0.2) is 36.4 Å². The first-order valence-corrected chi connectivity index (χ1v) is 16.2. The Balaban J connectivity index is 1.97. The van der Waals surface area contributed by atoms with Crippen molar-refractivity contribution >= 4 is 29.3 Å². The van der Waals surface area contributed by atoms with E-state index in [0.29, 0.717) is 18.0 Å². The molecule has 6 nitrogen and oxygen atoms in total. The Morgan fingerprint density at radius 3 is 2.45 bits per heavy atom. The minimum absolute atomic E-state index is 0.263. The molecule has 0 aromatic heterocycles. The van der Waals surface area contributed by atoms with E-state index >= 15 is 0 Å². The molecule has 2 aromatic rings. The van der Waals surface area contributed by atoms with Gasteiger partial charge >= 0.3 is 5.97 Å². The lowest BCUT2D eigenvalue weighted by atomic mass is 9.84. The lowest BCUT2D eigenvalue weighted by Gasteiger charge is -2.28. The van der Waals surface area contributed by atoms with E-state index in [-0.39, 0.29) is 5.91 Å². The van der Waals surface area contributed by atoms with Crippen LogP contribution in [0, 0.1) is 12.8 Å². The summed E-state index contributed by atoms with van der Waals surface area (Å²) >= 11 is 1.64. The molecule has 220 valence electrons. The van der Waals surface area contributed by atoms with Crippen LogP contribution in [0.2, 0.25) is 0 Å². The van der Waals surface area contributed by atoms with E-state index in [1.54, 1.807) is 11.8 Å². The Morgan fingerprint density at radius 1 is 1.10 bits per heavy atom. The summed E-state index contributed by atoms with van der Waals surface area (Å²) in [7, 11) is 5.40. The van der Waals surface area contributed by atoms with Crippen LogP contribution in [0.3, 0.4) is 0 Å². The van der Waals surface area contributed by atoms with Crippen molar-refractivity contribution in [3.05, 3.63) is 53.1 Å². The Hall–Kier alpha value is -2.51. The number of aryl methyl sites for hydroxylation is 1. The number of hydrogen-bond donors (Lipinski definition) is 2. The molecule has 2 unspecified atom stereocenters. The zero-order chi connectivity index (χ0) is 29.1. The van der Waals surface area contributed by atoms with Crippen LogP contribution in [0.4, 0.5) is 5.69 Å². The Kier molecular flexibility index (Phi) is 12.9. The van der Waals surface area contributed by atoms with Gasteiger partial charge in [-0.1, -0.05) is 63.3 Å². The molecule has 0 heterocycles. The van der Waals surface area contributed by atoms with Crippen LogP contribution in [-0.2, 0) is 16.1 Å². The fourth-order valence-electron chi connectivity index (χ4n) is 5.81. The Labute approximate surface area is 246 Å². The van der Waals surface area contributed by atoms with Crippen molar-refractivity contribution < 1.29 is 14.3 Å². The third kappa shape index (κ3) is 8.74. The number of anilines is 1. The fraction of sp³-hybridized carbons (Fsp3) is 0.576. The molecule has 1 aliphatic rings. The molecular weight excluding hydrogens is 518 g/mol. The van der Waals surface area contributed by atoms with E-state index in [9.17, 15) is 9.59 Å². The number of esters is 1. The van der Waals surface area contributed by atoms with Crippen molar-refractivity contribution in [3.8, 4) is 11.1 Å². The van der Waals surface area contributed by atoms with E-state index in [1.807, 2.05) is 38.6 Å². The number of benzene rings is 2. The molecular formula is C33H49N3O3S. The number of thioether (sulfide) groups is 1. The van der Waals surface area contributed by atoms with Crippen molar-refractivity contribution in [2.24, 2.45) is 5.92 Å². The van der Waals surface area contributed by atoms with Gasteiger partial charge in [-0.15, -0.1) is 0 Å². The van der Waals surface area contributed by atoms with Crippen molar-refractivity contribution in [3.63, 3.8) is 0 Å².